The highest BCUT2D eigenvalue weighted by atomic mass is 16.3. The fourth-order valence-electron chi connectivity index (χ4n) is 3.04. The number of carbonyl (C=O) groups excluding carboxylic acids is 1. The van der Waals surface area contributed by atoms with Gasteiger partial charge in [0.05, 0.1) is 12.7 Å². The third kappa shape index (κ3) is 3.35. The van der Waals surface area contributed by atoms with Gasteiger partial charge in [-0.3, -0.25) is 14.8 Å². The number of aromatic nitrogens is 3. The number of pyridine rings is 1. The molecule has 7 heteroatoms. The van der Waals surface area contributed by atoms with Gasteiger partial charge in [0, 0.05) is 38.7 Å². The minimum absolute atomic E-state index is 0.181. The summed E-state index contributed by atoms with van der Waals surface area (Å²) in [5, 5.41) is 10.9. The van der Waals surface area contributed by atoms with Crippen LogP contribution >= 0.6 is 0 Å². The lowest BCUT2D eigenvalue weighted by Gasteiger charge is -2.29. The molecule has 0 bridgehead atoms. The van der Waals surface area contributed by atoms with Gasteiger partial charge in [0.15, 0.2) is 0 Å². The fraction of sp³-hybridized carbons (Fsp3) is 0.412. The standard InChI is InChI=1S/C17H21N5O2/c1-13-4-3-6-20-15(13)16(23)21(2)11-17(24)5-9-22(12-17)14-10-18-7-8-19-14/h3-4,6-8,10,24H,5,9,11-12H2,1-2H3. The predicted octanol–water partition coefficient (Wildman–Crippen LogP) is 0.893. The maximum absolute atomic E-state index is 12.6. The number of amides is 1. The third-order valence-electron chi connectivity index (χ3n) is 4.30. The van der Waals surface area contributed by atoms with Gasteiger partial charge in [-0.25, -0.2) is 4.98 Å². The Bertz CT molecular complexity index is 724. The number of hydrogen-bond donors (Lipinski definition) is 1. The predicted molar refractivity (Wildman–Crippen MR) is 89.7 cm³/mol. The molecule has 1 aliphatic rings. The first kappa shape index (κ1) is 16.3. The summed E-state index contributed by atoms with van der Waals surface area (Å²) >= 11 is 0. The minimum Gasteiger partial charge on any atom is -0.386 e. The van der Waals surface area contributed by atoms with E-state index in [0.29, 0.717) is 25.2 Å². The van der Waals surface area contributed by atoms with Gasteiger partial charge < -0.3 is 14.9 Å². The molecule has 7 nitrogen and oxygen atoms in total. The van der Waals surface area contributed by atoms with E-state index in [9.17, 15) is 9.90 Å². The molecule has 1 amide bonds. The smallest absolute Gasteiger partial charge is 0.272 e. The Hall–Kier alpha value is -2.54. The molecule has 126 valence electrons. The Morgan fingerprint density at radius 1 is 1.38 bits per heavy atom. The van der Waals surface area contributed by atoms with Crippen LogP contribution in [0.25, 0.3) is 0 Å². The van der Waals surface area contributed by atoms with Crippen molar-refractivity contribution < 1.29 is 9.90 Å². The number of anilines is 1. The van der Waals surface area contributed by atoms with E-state index in [1.54, 1.807) is 37.9 Å². The first-order valence-corrected chi connectivity index (χ1v) is 7.89. The van der Waals surface area contributed by atoms with Crippen molar-refractivity contribution in [2.75, 3.05) is 31.6 Å². The summed E-state index contributed by atoms with van der Waals surface area (Å²) in [5.74, 6) is 0.558. The van der Waals surface area contributed by atoms with Crippen LogP contribution in [0.4, 0.5) is 5.82 Å². The third-order valence-corrected chi connectivity index (χ3v) is 4.30. The van der Waals surface area contributed by atoms with Crippen LogP contribution in [0.5, 0.6) is 0 Å². The van der Waals surface area contributed by atoms with E-state index in [2.05, 4.69) is 15.0 Å². The number of nitrogens with zero attached hydrogens (tertiary/aromatic N) is 5. The molecule has 0 aromatic carbocycles. The van der Waals surface area contributed by atoms with E-state index in [-0.39, 0.29) is 12.5 Å². The Labute approximate surface area is 141 Å². The van der Waals surface area contributed by atoms with Crippen molar-refractivity contribution in [2.45, 2.75) is 18.9 Å². The second-order valence-electron chi connectivity index (χ2n) is 6.29. The summed E-state index contributed by atoms with van der Waals surface area (Å²) < 4.78 is 0. The quantitative estimate of drug-likeness (QED) is 0.898. The number of aliphatic hydroxyl groups is 1. The van der Waals surface area contributed by atoms with Crippen LogP contribution in [-0.4, -0.2) is 63.1 Å². The molecule has 1 aliphatic heterocycles. The molecule has 1 N–H and O–H groups in total. The monoisotopic (exact) mass is 327 g/mol. The van der Waals surface area contributed by atoms with E-state index in [0.717, 1.165) is 11.4 Å². The maximum Gasteiger partial charge on any atom is 0.272 e. The molecule has 0 spiro atoms. The van der Waals surface area contributed by atoms with Crippen molar-refractivity contribution in [3.63, 3.8) is 0 Å². The fourth-order valence-corrected chi connectivity index (χ4v) is 3.04. The van der Waals surface area contributed by atoms with E-state index in [4.69, 9.17) is 0 Å². The SMILES string of the molecule is Cc1cccnc1C(=O)N(C)CC1(O)CCN(c2cnccn2)C1. The second-order valence-corrected chi connectivity index (χ2v) is 6.29. The molecule has 1 unspecified atom stereocenters. The average molecular weight is 327 g/mol. The summed E-state index contributed by atoms with van der Waals surface area (Å²) in [6, 6.07) is 3.66. The van der Waals surface area contributed by atoms with Gasteiger partial charge in [0.25, 0.3) is 5.91 Å². The van der Waals surface area contributed by atoms with Crippen molar-refractivity contribution in [3.8, 4) is 0 Å². The molecule has 2 aromatic heterocycles. The molecular weight excluding hydrogens is 306 g/mol. The van der Waals surface area contributed by atoms with Crippen molar-refractivity contribution in [1.29, 1.82) is 0 Å². The lowest BCUT2D eigenvalue weighted by molar-refractivity contribution is 0.0261. The van der Waals surface area contributed by atoms with Crippen LogP contribution in [0, 0.1) is 6.92 Å². The van der Waals surface area contributed by atoms with E-state index in [1.165, 1.54) is 4.90 Å². The van der Waals surface area contributed by atoms with Crippen LogP contribution in [0.2, 0.25) is 0 Å². The highest BCUT2D eigenvalue weighted by Gasteiger charge is 2.38. The van der Waals surface area contributed by atoms with Gasteiger partial charge >= 0.3 is 0 Å². The molecule has 0 aliphatic carbocycles. The molecule has 3 rings (SSSR count). The first-order valence-electron chi connectivity index (χ1n) is 7.89. The van der Waals surface area contributed by atoms with Crippen LogP contribution in [0.1, 0.15) is 22.5 Å². The highest BCUT2D eigenvalue weighted by Crippen LogP contribution is 2.26. The molecule has 3 heterocycles. The molecule has 1 atom stereocenters. The van der Waals surface area contributed by atoms with Crippen LogP contribution in [0.3, 0.4) is 0 Å². The first-order chi connectivity index (χ1) is 11.5. The lowest BCUT2D eigenvalue weighted by atomic mass is 10.0. The van der Waals surface area contributed by atoms with Gasteiger partial charge in [-0.2, -0.15) is 0 Å². The number of carbonyl (C=O) groups is 1. The van der Waals surface area contributed by atoms with E-state index < -0.39 is 5.60 Å². The Balaban J connectivity index is 1.67. The average Bonchev–Trinajstić information content (AvgIpc) is 2.97. The van der Waals surface area contributed by atoms with Crippen molar-refractivity contribution in [2.24, 2.45) is 0 Å². The summed E-state index contributed by atoms with van der Waals surface area (Å²) in [7, 11) is 1.69. The summed E-state index contributed by atoms with van der Waals surface area (Å²) in [4.78, 5) is 28.6. The molecular formula is C17H21N5O2. The number of hydrogen-bond acceptors (Lipinski definition) is 6. The Morgan fingerprint density at radius 2 is 2.21 bits per heavy atom. The number of β-amino-alcohol motifs (C(OH)–C–C–N with tert-alkyl or cyclic N) is 1. The zero-order valence-electron chi connectivity index (χ0n) is 13.9. The Kier molecular flexibility index (Phi) is 4.44. The highest BCUT2D eigenvalue weighted by molar-refractivity contribution is 5.93. The van der Waals surface area contributed by atoms with Gasteiger partial charge in [-0.1, -0.05) is 6.07 Å². The van der Waals surface area contributed by atoms with Crippen molar-refractivity contribution >= 4 is 11.7 Å². The Morgan fingerprint density at radius 3 is 2.92 bits per heavy atom. The zero-order chi connectivity index (χ0) is 17.2. The normalized spacial score (nSPS) is 20.2. The van der Waals surface area contributed by atoms with E-state index in [1.807, 2.05) is 17.9 Å². The van der Waals surface area contributed by atoms with Crippen molar-refractivity contribution in [1.82, 2.24) is 19.9 Å². The van der Waals surface area contributed by atoms with Gasteiger partial charge in [0.2, 0.25) is 0 Å². The summed E-state index contributed by atoms with van der Waals surface area (Å²) in [6.07, 6.45) is 7.11. The number of likely N-dealkylation sites (N-methyl/N-ethyl adjacent to an activating group) is 1. The second kappa shape index (κ2) is 6.52. The summed E-state index contributed by atoms with van der Waals surface area (Å²) in [6.45, 7) is 3.21. The van der Waals surface area contributed by atoms with Crippen LogP contribution < -0.4 is 4.90 Å². The van der Waals surface area contributed by atoms with E-state index >= 15 is 0 Å². The number of aryl methyl sites for hydroxylation is 1. The summed E-state index contributed by atoms with van der Waals surface area (Å²) in [5.41, 5.74) is 0.284. The van der Waals surface area contributed by atoms with Gasteiger partial charge in [-0.05, 0) is 25.0 Å². The van der Waals surface area contributed by atoms with Crippen LogP contribution in [-0.2, 0) is 0 Å². The van der Waals surface area contributed by atoms with Crippen molar-refractivity contribution in [3.05, 3.63) is 48.2 Å². The number of rotatable bonds is 4. The largest absolute Gasteiger partial charge is 0.386 e. The minimum atomic E-state index is -0.968. The lowest BCUT2D eigenvalue weighted by Crippen LogP contribution is -2.46. The molecule has 1 saturated heterocycles. The van der Waals surface area contributed by atoms with Crippen LogP contribution in [0.15, 0.2) is 36.9 Å². The topological polar surface area (TPSA) is 82.5 Å². The maximum atomic E-state index is 12.6. The molecule has 1 fully saturated rings. The molecule has 0 saturated carbocycles. The van der Waals surface area contributed by atoms with Gasteiger partial charge in [-0.15, -0.1) is 0 Å². The zero-order valence-corrected chi connectivity index (χ0v) is 13.9. The molecule has 0 radical (unpaired) electrons. The molecule has 24 heavy (non-hydrogen) atoms. The van der Waals surface area contributed by atoms with Gasteiger partial charge in [0.1, 0.15) is 17.1 Å². The molecule has 2 aromatic rings.